The van der Waals surface area contributed by atoms with E-state index in [1.54, 1.807) is 4.90 Å². The molecule has 0 fully saturated rings. The third-order valence-electron chi connectivity index (χ3n) is 4.70. The topological polar surface area (TPSA) is 88.3 Å². The van der Waals surface area contributed by atoms with E-state index in [9.17, 15) is 9.59 Å². The maximum Gasteiger partial charge on any atom is 0.254 e. The lowest BCUT2D eigenvalue weighted by molar-refractivity contribution is -0.126. The number of aryl methyl sites for hydroxylation is 2. The number of carbonyl (C=O) groups excluding carboxylic acids is 2. The molecule has 3 aromatic rings. The predicted octanol–water partition coefficient (Wildman–Crippen LogP) is 3.08. The Morgan fingerprint density at radius 3 is 2.64 bits per heavy atom. The summed E-state index contributed by atoms with van der Waals surface area (Å²) in [7, 11) is 0. The van der Waals surface area contributed by atoms with E-state index in [0.717, 1.165) is 27.9 Å². The smallest absolute Gasteiger partial charge is 0.254 e. The number of aromatic nitrogens is 2. The highest BCUT2D eigenvalue weighted by Gasteiger charge is 2.39. The normalized spacial score (nSPS) is 15.6. The van der Waals surface area contributed by atoms with Crippen LogP contribution in [0.1, 0.15) is 35.5 Å². The third-order valence-corrected chi connectivity index (χ3v) is 4.70. The predicted molar refractivity (Wildman–Crippen MR) is 103 cm³/mol. The van der Waals surface area contributed by atoms with E-state index in [0.29, 0.717) is 11.8 Å². The first-order chi connectivity index (χ1) is 13.4. The number of hydrogen-bond acceptors (Lipinski definition) is 5. The summed E-state index contributed by atoms with van der Waals surface area (Å²) < 4.78 is 5.77. The highest BCUT2D eigenvalue weighted by atomic mass is 16.4. The molecule has 0 aliphatic carbocycles. The summed E-state index contributed by atoms with van der Waals surface area (Å²) in [5, 5.41) is 10.9. The summed E-state index contributed by atoms with van der Waals surface area (Å²) in [6.45, 7) is 5.47. The van der Waals surface area contributed by atoms with Crippen molar-refractivity contribution in [1.29, 1.82) is 0 Å². The molecule has 0 spiro atoms. The molecule has 0 radical (unpaired) electrons. The number of carbonyl (C=O) groups is 2. The summed E-state index contributed by atoms with van der Waals surface area (Å²) in [5.41, 5.74) is 4.39. The van der Waals surface area contributed by atoms with E-state index in [-0.39, 0.29) is 18.4 Å². The van der Waals surface area contributed by atoms with E-state index in [1.807, 2.05) is 56.3 Å². The van der Waals surface area contributed by atoms with Crippen molar-refractivity contribution in [2.24, 2.45) is 0 Å². The molecule has 7 nitrogen and oxygen atoms in total. The lowest BCUT2D eigenvalue weighted by Gasteiger charge is -2.17. The molecule has 2 aromatic carbocycles. The zero-order valence-corrected chi connectivity index (χ0v) is 15.9. The first-order valence-electron chi connectivity index (χ1n) is 9.01. The van der Waals surface area contributed by atoms with Crippen molar-refractivity contribution < 1.29 is 14.0 Å². The summed E-state index contributed by atoms with van der Waals surface area (Å²) in [5.74, 6) is 0.274. The second kappa shape index (κ2) is 6.92. The minimum Gasteiger partial charge on any atom is -0.419 e. The fourth-order valence-electron chi connectivity index (χ4n) is 3.63. The maximum absolute atomic E-state index is 13.1. The quantitative estimate of drug-likeness (QED) is 0.756. The molecular formula is C21H20N4O3. The molecule has 2 amide bonds. The number of anilines is 1. The minimum absolute atomic E-state index is 0.144. The van der Waals surface area contributed by atoms with Gasteiger partial charge in [-0.15, -0.1) is 10.2 Å². The van der Waals surface area contributed by atoms with Crippen LogP contribution in [-0.4, -0.2) is 22.0 Å². The summed E-state index contributed by atoms with van der Waals surface area (Å²) in [6.07, 6.45) is 0. The summed E-state index contributed by atoms with van der Waals surface area (Å²) in [6, 6.07) is 12.7. The van der Waals surface area contributed by atoms with Crippen molar-refractivity contribution in [3.63, 3.8) is 0 Å². The highest BCUT2D eigenvalue weighted by Crippen LogP contribution is 2.40. The van der Waals surface area contributed by atoms with Crippen LogP contribution in [0.3, 0.4) is 0 Å². The number of nitrogens with zero attached hydrogens (tertiary/aromatic N) is 3. The first-order valence-corrected chi connectivity index (χ1v) is 9.01. The Kier molecular flexibility index (Phi) is 4.43. The lowest BCUT2D eigenvalue weighted by atomic mass is 10.0. The van der Waals surface area contributed by atoms with Crippen LogP contribution in [0, 0.1) is 13.8 Å². The van der Waals surface area contributed by atoms with Gasteiger partial charge in [0.2, 0.25) is 17.7 Å². The number of fused-ring (bicyclic) bond motifs is 1. The van der Waals surface area contributed by atoms with Crippen molar-refractivity contribution in [3.05, 3.63) is 65.0 Å². The van der Waals surface area contributed by atoms with Crippen LogP contribution in [0.15, 0.2) is 46.9 Å². The van der Waals surface area contributed by atoms with Crippen LogP contribution in [0.4, 0.5) is 5.69 Å². The maximum atomic E-state index is 13.1. The molecule has 1 atom stereocenters. The molecule has 0 saturated carbocycles. The SMILES string of the molecule is CC(=O)NC1C(=O)N(Cc2nnc(-c3ccccc3)o2)c2c(C)cc(C)cc21. The molecule has 1 aliphatic heterocycles. The Hall–Kier alpha value is -3.48. The number of hydrogen-bond donors (Lipinski definition) is 1. The van der Waals surface area contributed by atoms with E-state index < -0.39 is 6.04 Å². The van der Waals surface area contributed by atoms with Crippen LogP contribution in [0.5, 0.6) is 0 Å². The van der Waals surface area contributed by atoms with E-state index >= 15 is 0 Å². The summed E-state index contributed by atoms with van der Waals surface area (Å²) >= 11 is 0. The molecule has 1 aromatic heterocycles. The Balaban J connectivity index is 1.68. The van der Waals surface area contributed by atoms with Gasteiger partial charge in [0.15, 0.2) is 0 Å². The van der Waals surface area contributed by atoms with Crippen molar-refractivity contribution in [1.82, 2.24) is 15.5 Å². The second-order valence-electron chi connectivity index (χ2n) is 6.94. The van der Waals surface area contributed by atoms with Gasteiger partial charge in [-0.3, -0.25) is 9.59 Å². The van der Waals surface area contributed by atoms with Gasteiger partial charge in [-0.1, -0.05) is 35.9 Å². The lowest BCUT2D eigenvalue weighted by Crippen LogP contribution is -2.36. The molecule has 1 unspecified atom stereocenters. The van der Waals surface area contributed by atoms with Crippen LogP contribution in [-0.2, 0) is 16.1 Å². The molecule has 28 heavy (non-hydrogen) atoms. The first kappa shape index (κ1) is 17.9. The molecule has 7 heteroatoms. The fourth-order valence-corrected chi connectivity index (χ4v) is 3.63. The van der Waals surface area contributed by atoms with Crippen LogP contribution >= 0.6 is 0 Å². The monoisotopic (exact) mass is 376 g/mol. The van der Waals surface area contributed by atoms with Gasteiger partial charge in [-0.05, 0) is 31.5 Å². The average Bonchev–Trinajstić information content (AvgIpc) is 3.21. The molecule has 4 rings (SSSR count). The van der Waals surface area contributed by atoms with Gasteiger partial charge in [0.05, 0.1) is 5.69 Å². The number of nitrogens with one attached hydrogen (secondary N) is 1. The standard InChI is InChI=1S/C21H20N4O3/c1-12-9-13(2)19-16(10-12)18(22-14(3)26)21(27)25(19)11-17-23-24-20(28-17)15-7-5-4-6-8-15/h4-10,18H,11H2,1-3H3,(H,22,26). The van der Waals surface area contributed by atoms with Crippen LogP contribution < -0.4 is 10.2 Å². The summed E-state index contributed by atoms with van der Waals surface area (Å²) in [4.78, 5) is 26.3. The Labute approximate surface area is 162 Å². The average molecular weight is 376 g/mol. The van der Waals surface area contributed by atoms with Crippen molar-refractivity contribution in [3.8, 4) is 11.5 Å². The van der Waals surface area contributed by atoms with Gasteiger partial charge in [0, 0.05) is 18.1 Å². The fraction of sp³-hybridized carbons (Fsp3) is 0.238. The van der Waals surface area contributed by atoms with Crippen molar-refractivity contribution in [2.75, 3.05) is 4.90 Å². The largest absolute Gasteiger partial charge is 0.419 e. The number of amides is 2. The molecule has 2 heterocycles. The third kappa shape index (κ3) is 3.15. The molecule has 0 bridgehead atoms. The molecule has 1 N–H and O–H groups in total. The molecular weight excluding hydrogens is 356 g/mol. The van der Waals surface area contributed by atoms with Gasteiger partial charge in [0.25, 0.3) is 5.91 Å². The van der Waals surface area contributed by atoms with Crippen LogP contribution in [0.25, 0.3) is 11.5 Å². The zero-order valence-electron chi connectivity index (χ0n) is 15.9. The van der Waals surface area contributed by atoms with Gasteiger partial charge in [-0.2, -0.15) is 0 Å². The number of rotatable bonds is 4. The second-order valence-corrected chi connectivity index (χ2v) is 6.94. The van der Waals surface area contributed by atoms with Gasteiger partial charge >= 0.3 is 0 Å². The van der Waals surface area contributed by atoms with Crippen molar-refractivity contribution in [2.45, 2.75) is 33.4 Å². The Bertz CT molecular complexity index is 1060. The van der Waals surface area contributed by atoms with Crippen LogP contribution in [0.2, 0.25) is 0 Å². The molecule has 1 aliphatic rings. The number of benzene rings is 2. The van der Waals surface area contributed by atoms with E-state index in [2.05, 4.69) is 15.5 Å². The van der Waals surface area contributed by atoms with E-state index in [4.69, 9.17) is 4.42 Å². The van der Waals surface area contributed by atoms with Gasteiger partial charge in [0.1, 0.15) is 12.6 Å². The van der Waals surface area contributed by atoms with E-state index in [1.165, 1.54) is 6.92 Å². The highest BCUT2D eigenvalue weighted by molar-refractivity contribution is 6.06. The molecule has 142 valence electrons. The zero-order chi connectivity index (χ0) is 19.8. The Morgan fingerprint density at radius 1 is 1.18 bits per heavy atom. The Morgan fingerprint density at radius 2 is 1.93 bits per heavy atom. The minimum atomic E-state index is -0.706. The molecule has 0 saturated heterocycles. The van der Waals surface area contributed by atoms with Crippen molar-refractivity contribution >= 4 is 17.5 Å². The van der Waals surface area contributed by atoms with Gasteiger partial charge < -0.3 is 14.6 Å². The van der Waals surface area contributed by atoms with Gasteiger partial charge in [-0.25, -0.2) is 0 Å².